The number of rotatable bonds is 9. The van der Waals surface area contributed by atoms with Crippen molar-refractivity contribution in [3.8, 4) is 0 Å². The molecule has 2 amide bonds. The molecule has 0 unspecified atom stereocenters. The lowest BCUT2D eigenvalue weighted by Gasteiger charge is -2.32. The number of carbonyl (C=O) groups is 3. The number of likely N-dealkylation sites (tertiary alicyclic amines) is 1. The summed E-state index contributed by atoms with van der Waals surface area (Å²) >= 11 is 12.0. The molecule has 2 rings (SSSR count). The van der Waals surface area contributed by atoms with Gasteiger partial charge in [-0.05, 0) is 55.2 Å². The fourth-order valence-corrected chi connectivity index (χ4v) is 4.15. The maximum atomic E-state index is 12.5. The van der Waals surface area contributed by atoms with E-state index < -0.39 is 12.0 Å². The molecule has 1 aliphatic heterocycles. The Labute approximate surface area is 194 Å². The minimum Gasteiger partial charge on any atom is -0.467 e. The second-order valence-electron chi connectivity index (χ2n) is 8.55. The molecule has 1 fully saturated rings. The minimum absolute atomic E-state index is 0.108. The lowest BCUT2D eigenvalue weighted by Crippen LogP contribution is -2.44. The molecule has 1 atom stereocenters. The Morgan fingerprint density at radius 2 is 1.84 bits per heavy atom. The van der Waals surface area contributed by atoms with Crippen LogP contribution in [0.5, 0.6) is 0 Å². The van der Waals surface area contributed by atoms with Gasteiger partial charge in [-0.15, -0.1) is 0 Å². The summed E-state index contributed by atoms with van der Waals surface area (Å²) in [6.07, 6.45) is 3.49. The number of ether oxygens (including phenoxy) is 1. The van der Waals surface area contributed by atoms with Crippen molar-refractivity contribution >= 4 is 41.0 Å². The normalized spacial score (nSPS) is 15.6. The quantitative estimate of drug-likeness (QED) is 0.547. The summed E-state index contributed by atoms with van der Waals surface area (Å²) in [5.41, 5.74) is 0.982. The number of carbonyl (C=O) groups excluding carboxylic acids is 3. The van der Waals surface area contributed by atoms with Gasteiger partial charge in [-0.2, -0.15) is 0 Å². The summed E-state index contributed by atoms with van der Waals surface area (Å²) in [7, 11) is 1.33. The van der Waals surface area contributed by atoms with Crippen LogP contribution in [0.4, 0.5) is 0 Å². The van der Waals surface area contributed by atoms with Crippen LogP contribution in [0, 0.1) is 11.8 Å². The van der Waals surface area contributed by atoms with Gasteiger partial charge < -0.3 is 15.0 Å². The van der Waals surface area contributed by atoms with Crippen LogP contribution in [0.25, 0.3) is 0 Å². The molecule has 1 aromatic carbocycles. The third-order valence-corrected chi connectivity index (χ3v) is 6.32. The number of piperidine rings is 1. The van der Waals surface area contributed by atoms with E-state index in [0.717, 1.165) is 18.4 Å². The SMILES string of the molecule is COC(=O)[C@H](CC(C)C)NC(=O)CC1CCN(C(=O)CCc2ccc(Cl)c(Cl)c2)CC1. The van der Waals surface area contributed by atoms with E-state index in [0.29, 0.717) is 48.8 Å². The van der Waals surface area contributed by atoms with Gasteiger partial charge in [-0.25, -0.2) is 4.79 Å². The molecule has 1 saturated heterocycles. The Hall–Kier alpha value is -1.79. The zero-order valence-corrected chi connectivity index (χ0v) is 20.0. The molecular formula is C23H32Cl2N2O4. The Kier molecular flexibility index (Phi) is 10.1. The number of hydrogen-bond acceptors (Lipinski definition) is 4. The Bertz CT molecular complexity index is 777. The minimum atomic E-state index is -0.611. The van der Waals surface area contributed by atoms with Crippen LogP contribution in [-0.4, -0.2) is 48.9 Å². The first kappa shape index (κ1) is 25.5. The third kappa shape index (κ3) is 8.34. The number of nitrogens with one attached hydrogen (secondary N) is 1. The predicted molar refractivity (Wildman–Crippen MR) is 122 cm³/mol. The maximum Gasteiger partial charge on any atom is 0.328 e. The zero-order valence-electron chi connectivity index (χ0n) is 18.5. The molecule has 1 N–H and O–H groups in total. The molecular weight excluding hydrogens is 439 g/mol. The van der Waals surface area contributed by atoms with Crippen LogP contribution in [0.15, 0.2) is 18.2 Å². The molecule has 0 spiro atoms. The van der Waals surface area contributed by atoms with Gasteiger partial charge in [0.2, 0.25) is 11.8 Å². The van der Waals surface area contributed by atoms with Crippen molar-refractivity contribution < 1.29 is 19.1 Å². The van der Waals surface area contributed by atoms with E-state index in [1.165, 1.54) is 7.11 Å². The average molecular weight is 471 g/mol. The molecule has 0 aliphatic carbocycles. The van der Waals surface area contributed by atoms with Crippen LogP contribution in [0.2, 0.25) is 10.0 Å². The fraction of sp³-hybridized carbons (Fsp3) is 0.609. The number of aryl methyl sites for hydroxylation is 1. The molecule has 0 aromatic heterocycles. The number of halogens is 2. The van der Waals surface area contributed by atoms with E-state index in [1.54, 1.807) is 12.1 Å². The van der Waals surface area contributed by atoms with Crippen molar-refractivity contribution in [3.05, 3.63) is 33.8 Å². The summed E-state index contributed by atoms with van der Waals surface area (Å²) in [5.74, 6) is 0.0283. The molecule has 6 nitrogen and oxygen atoms in total. The molecule has 0 radical (unpaired) electrons. The Morgan fingerprint density at radius 1 is 1.16 bits per heavy atom. The number of amides is 2. The van der Waals surface area contributed by atoms with E-state index in [-0.39, 0.29) is 23.7 Å². The molecule has 172 valence electrons. The number of esters is 1. The van der Waals surface area contributed by atoms with Crippen molar-refractivity contribution in [1.82, 2.24) is 10.2 Å². The average Bonchev–Trinajstić information content (AvgIpc) is 2.73. The molecule has 1 aliphatic rings. The van der Waals surface area contributed by atoms with Gasteiger partial charge in [-0.1, -0.05) is 43.1 Å². The topological polar surface area (TPSA) is 75.7 Å². The monoisotopic (exact) mass is 470 g/mol. The highest BCUT2D eigenvalue weighted by Gasteiger charge is 2.27. The van der Waals surface area contributed by atoms with E-state index in [2.05, 4.69) is 5.32 Å². The number of benzene rings is 1. The van der Waals surface area contributed by atoms with Gasteiger partial charge in [0.1, 0.15) is 6.04 Å². The van der Waals surface area contributed by atoms with Crippen LogP contribution in [-0.2, 0) is 25.5 Å². The van der Waals surface area contributed by atoms with Gasteiger partial charge in [0.25, 0.3) is 0 Å². The summed E-state index contributed by atoms with van der Waals surface area (Å²) < 4.78 is 4.80. The third-order valence-electron chi connectivity index (χ3n) is 5.58. The maximum absolute atomic E-state index is 12.5. The molecule has 0 bridgehead atoms. The van der Waals surface area contributed by atoms with E-state index in [9.17, 15) is 14.4 Å². The lowest BCUT2D eigenvalue weighted by molar-refractivity contribution is -0.145. The highest BCUT2D eigenvalue weighted by atomic mass is 35.5. The first-order valence-electron chi connectivity index (χ1n) is 10.8. The van der Waals surface area contributed by atoms with Gasteiger partial charge in [-0.3, -0.25) is 9.59 Å². The van der Waals surface area contributed by atoms with Gasteiger partial charge in [0.15, 0.2) is 0 Å². The van der Waals surface area contributed by atoms with Crippen LogP contribution >= 0.6 is 23.2 Å². The molecule has 31 heavy (non-hydrogen) atoms. The summed E-state index contributed by atoms with van der Waals surface area (Å²) in [6, 6.07) is 4.81. The number of nitrogens with zero attached hydrogens (tertiary/aromatic N) is 1. The molecule has 8 heteroatoms. The van der Waals surface area contributed by atoms with Gasteiger partial charge in [0.05, 0.1) is 17.2 Å². The Balaban J connectivity index is 1.75. The fourth-order valence-electron chi connectivity index (χ4n) is 3.83. The Morgan fingerprint density at radius 3 is 2.42 bits per heavy atom. The van der Waals surface area contributed by atoms with Crippen molar-refractivity contribution in [2.24, 2.45) is 11.8 Å². The second kappa shape index (κ2) is 12.3. The zero-order chi connectivity index (χ0) is 23.0. The van der Waals surface area contributed by atoms with E-state index in [1.807, 2.05) is 24.8 Å². The molecule has 0 saturated carbocycles. The summed E-state index contributed by atoms with van der Waals surface area (Å²) in [5, 5.41) is 3.81. The van der Waals surface area contributed by atoms with Crippen molar-refractivity contribution in [2.45, 2.75) is 58.4 Å². The smallest absolute Gasteiger partial charge is 0.328 e. The first-order chi connectivity index (χ1) is 14.7. The largest absolute Gasteiger partial charge is 0.467 e. The van der Waals surface area contributed by atoms with Crippen molar-refractivity contribution in [1.29, 1.82) is 0 Å². The predicted octanol–water partition coefficient (Wildman–Crippen LogP) is 4.26. The standard InChI is InChI=1S/C23H32Cl2N2O4/c1-15(2)12-20(23(30)31-3)26-21(28)14-17-8-10-27(11-9-17)22(29)7-5-16-4-6-18(24)19(25)13-16/h4,6,13,15,17,20H,5,7-12,14H2,1-3H3,(H,26,28)/t20-/m0/s1. The highest BCUT2D eigenvalue weighted by Crippen LogP contribution is 2.24. The highest BCUT2D eigenvalue weighted by molar-refractivity contribution is 6.42. The molecule has 1 aromatic rings. The van der Waals surface area contributed by atoms with E-state index >= 15 is 0 Å². The van der Waals surface area contributed by atoms with Crippen LogP contribution in [0.3, 0.4) is 0 Å². The van der Waals surface area contributed by atoms with E-state index in [4.69, 9.17) is 27.9 Å². The van der Waals surface area contributed by atoms with Gasteiger partial charge >= 0.3 is 5.97 Å². The van der Waals surface area contributed by atoms with Crippen molar-refractivity contribution in [3.63, 3.8) is 0 Å². The first-order valence-corrected chi connectivity index (χ1v) is 11.5. The molecule has 1 heterocycles. The number of methoxy groups -OCH3 is 1. The summed E-state index contributed by atoms with van der Waals surface area (Å²) in [4.78, 5) is 38.7. The van der Waals surface area contributed by atoms with Crippen LogP contribution < -0.4 is 5.32 Å². The van der Waals surface area contributed by atoms with Crippen LogP contribution in [0.1, 0.15) is 51.5 Å². The lowest BCUT2D eigenvalue weighted by atomic mass is 9.92. The van der Waals surface area contributed by atoms with Crippen molar-refractivity contribution in [2.75, 3.05) is 20.2 Å². The second-order valence-corrected chi connectivity index (χ2v) is 9.36. The summed E-state index contributed by atoms with van der Waals surface area (Å²) in [6.45, 7) is 5.28. The van der Waals surface area contributed by atoms with Gasteiger partial charge in [0, 0.05) is 25.9 Å². The number of hydrogen-bond donors (Lipinski definition) is 1.